The Labute approximate surface area is 123 Å². The van der Waals surface area contributed by atoms with Gasteiger partial charge in [-0.15, -0.1) is 0 Å². The molecule has 4 heteroatoms. The molecule has 0 heterocycles. The van der Waals surface area contributed by atoms with Crippen LogP contribution < -0.4 is 11.1 Å². The minimum atomic E-state index is 0.371. The van der Waals surface area contributed by atoms with Crippen molar-refractivity contribution in [3.05, 3.63) is 58.1 Å². The van der Waals surface area contributed by atoms with Crippen LogP contribution in [0.25, 0.3) is 0 Å². The largest absolute Gasteiger partial charge is 0.389 e. The average Bonchev–Trinajstić information content (AvgIpc) is 2.35. The van der Waals surface area contributed by atoms with Crippen LogP contribution in [-0.4, -0.2) is 4.99 Å². The van der Waals surface area contributed by atoms with Gasteiger partial charge in [-0.25, -0.2) is 0 Å². The Balaban J connectivity index is 2.52. The second kappa shape index (κ2) is 5.59. The van der Waals surface area contributed by atoms with Gasteiger partial charge >= 0.3 is 0 Å². The summed E-state index contributed by atoms with van der Waals surface area (Å²) in [5.41, 5.74) is 10.5. The number of halogens is 1. The van der Waals surface area contributed by atoms with E-state index in [1.807, 2.05) is 50.2 Å². The summed E-state index contributed by atoms with van der Waals surface area (Å²) in [4.78, 5) is 0.371. The fraction of sp³-hybridized carbons (Fsp3) is 0.133. The van der Waals surface area contributed by atoms with Gasteiger partial charge in [-0.05, 0) is 37.1 Å². The second-order valence-corrected chi connectivity index (χ2v) is 5.27. The summed E-state index contributed by atoms with van der Waals surface area (Å²) >= 11 is 11.3. The molecule has 98 valence electrons. The summed E-state index contributed by atoms with van der Waals surface area (Å²) < 4.78 is 0. The van der Waals surface area contributed by atoms with Crippen molar-refractivity contribution in [1.29, 1.82) is 0 Å². The van der Waals surface area contributed by atoms with Gasteiger partial charge < -0.3 is 11.1 Å². The van der Waals surface area contributed by atoms with Crippen LogP contribution >= 0.6 is 23.8 Å². The van der Waals surface area contributed by atoms with E-state index in [0.29, 0.717) is 10.0 Å². The van der Waals surface area contributed by atoms with Crippen molar-refractivity contribution in [2.75, 3.05) is 5.32 Å². The second-order valence-electron chi connectivity index (χ2n) is 4.42. The molecule has 0 aromatic heterocycles. The predicted octanol–water partition coefficient (Wildman–Crippen LogP) is 4.33. The third kappa shape index (κ3) is 2.88. The molecule has 3 N–H and O–H groups in total. The first-order valence-corrected chi connectivity index (χ1v) is 6.71. The lowest BCUT2D eigenvalue weighted by molar-refractivity contribution is 1.38. The molecule has 2 nitrogen and oxygen atoms in total. The lowest BCUT2D eigenvalue weighted by Crippen LogP contribution is -2.13. The van der Waals surface area contributed by atoms with Crippen LogP contribution in [0.1, 0.15) is 16.7 Å². The Morgan fingerprint density at radius 1 is 1.05 bits per heavy atom. The van der Waals surface area contributed by atoms with E-state index in [4.69, 9.17) is 29.6 Å². The van der Waals surface area contributed by atoms with Crippen molar-refractivity contribution in [1.82, 2.24) is 0 Å². The van der Waals surface area contributed by atoms with Gasteiger partial charge in [-0.2, -0.15) is 0 Å². The highest BCUT2D eigenvalue weighted by Gasteiger charge is 2.11. The molecule has 19 heavy (non-hydrogen) atoms. The number of nitrogens with two attached hydrogens (primary N) is 1. The van der Waals surface area contributed by atoms with E-state index in [1.54, 1.807) is 0 Å². The van der Waals surface area contributed by atoms with Crippen LogP contribution in [0.15, 0.2) is 36.4 Å². The van der Waals surface area contributed by atoms with Crippen LogP contribution in [0.5, 0.6) is 0 Å². The molecule has 0 saturated heterocycles. The van der Waals surface area contributed by atoms with Gasteiger partial charge in [-0.3, -0.25) is 0 Å². The molecule has 2 aromatic carbocycles. The van der Waals surface area contributed by atoms with Gasteiger partial charge in [0, 0.05) is 5.56 Å². The number of anilines is 2. The average molecular weight is 291 g/mol. The summed E-state index contributed by atoms with van der Waals surface area (Å²) in [6.45, 7) is 4.02. The third-order valence-electron chi connectivity index (χ3n) is 3.01. The van der Waals surface area contributed by atoms with Crippen molar-refractivity contribution < 1.29 is 0 Å². The Hall–Kier alpha value is -1.58. The van der Waals surface area contributed by atoms with Crippen LogP contribution in [-0.2, 0) is 0 Å². The summed E-state index contributed by atoms with van der Waals surface area (Å²) in [5, 5.41) is 4.04. The molecule has 0 spiro atoms. The van der Waals surface area contributed by atoms with Gasteiger partial charge in [0.1, 0.15) is 4.99 Å². The van der Waals surface area contributed by atoms with Crippen LogP contribution in [0, 0.1) is 13.8 Å². The van der Waals surface area contributed by atoms with Gasteiger partial charge in [0.25, 0.3) is 0 Å². The first-order chi connectivity index (χ1) is 9.00. The molecule has 0 aliphatic carbocycles. The molecule has 0 saturated carbocycles. The summed E-state index contributed by atoms with van der Waals surface area (Å²) in [6.07, 6.45) is 0. The highest BCUT2D eigenvalue weighted by atomic mass is 35.5. The van der Waals surface area contributed by atoms with Crippen molar-refractivity contribution in [3.63, 3.8) is 0 Å². The zero-order valence-electron chi connectivity index (χ0n) is 10.8. The summed E-state index contributed by atoms with van der Waals surface area (Å²) in [7, 11) is 0. The van der Waals surface area contributed by atoms with Gasteiger partial charge in [0.2, 0.25) is 0 Å². The SMILES string of the molecule is Cc1cccc(Cl)c1Nc1c(C)cccc1C(N)=S. The van der Waals surface area contributed by atoms with Crippen LogP contribution in [0.4, 0.5) is 11.4 Å². The molecular formula is C15H15ClN2S. The molecule has 0 radical (unpaired) electrons. The molecule has 0 aliphatic heterocycles. The predicted molar refractivity (Wildman–Crippen MR) is 86.5 cm³/mol. The van der Waals surface area contributed by atoms with E-state index >= 15 is 0 Å². The molecular weight excluding hydrogens is 276 g/mol. The van der Waals surface area contributed by atoms with E-state index in [0.717, 1.165) is 28.1 Å². The standard InChI is InChI=1S/C15H15ClN2S/c1-9-5-3-7-11(15(17)19)13(9)18-14-10(2)6-4-8-12(14)16/h3-8,18H,1-2H3,(H2,17,19). The number of rotatable bonds is 3. The van der Waals surface area contributed by atoms with Crippen molar-refractivity contribution in [2.24, 2.45) is 5.73 Å². The number of hydrogen-bond donors (Lipinski definition) is 2. The van der Waals surface area contributed by atoms with Crippen LogP contribution in [0.3, 0.4) is 0 Å². The van der Waals surface area contributed by atoms with Crippen molar-refractivity contribution >= 4 is 40.2 Å². The minimum Gasteiger partial charge on any atom is -0.389 e. The maximum absolute atomic E-state index is 6.24. The van der Waals surface area contributed by atoms with E-state index in [9.17, 15) is 0 Å². The number of thiocarbonyl (C=S) groups is 1. The first kappa shape index (κ1) is 13.8. The Morgan fingerprint density at radius 2 is 1.63 bits per heavy atom. The molecule has 0 amide bonds. The highest BCUT2D eigenvalue weighted by Crippen LogP contribution is 2.31. The van der Waals surface area contributed by atoms with Gasteiger partial charge in [0.15, 0.2) is 0 Å². The lowest BCUT2D eigenvalue weighted by Gasteiger charge is -2.16. The lowest BCUT2D eigenvalue weighted by atomic mass is 10.1. The van der Waals surface area contributed by atoms with Gasteiger partial charge in [0.05, 0.1) is 16.4 Å². The zero-order valence-corrected chi connectivity index (χ0v) is 12.4. The monoisotopic (exact) mass is 290 g/mol. The summed E-state index contributed by atoms with van der Waals surface area (Å²) in [6, 6.07) is 11.6. The smallest absolute Gasteiger partial charge is 0.106 e. The molecule has 2 aromatic rings. The Bertz CT molecular complexity index is 618. The highest BCUT2D eigenvalue weighted by molar-refractivity contribution is 7.80. The van der Waals surface area contributed by atoms with Crippen molar-refractivity contribution in [3.8, 4) is 0 Å². The zero-order chi connectivity index (χ0) is 14.0. The van der Waals surface area contributed by atoms with E-state index < -0.39 is 0 Å². The molecule has 0 bridgehead atoms. The Morgan fingerprint density at radius 3 is 2.21 bits per heavy atom. The number of aryl methyl sites for hydroxylation is 2. The normalized spacial score (nSPS) is 10.3. The van der Waals surface area contributed by atoms with E-state index in [-0.39, 0.29) is 0 Å². The molecule has 0 fully saturated rings. The van der Waals surface area contributed by atoms with Crippen molar-refractivity contribution in [2.45, 2.75) is 13.8 Å². The Kier molecular flexibility index (Phi) is 4.08. The number of hydrogen-bond acceptors (Lipinski definition) is 2. The quantitative estimate of drug-likeness (QED) is 0.826. The van der Waals surface area contributed by atoms with Crippen LogP contribution in [0.2, 0.25) is 5.02 Å². The maximum atomic E-state index is 6.24. The minimum absolute atomic E-state index is 0.371. The number of benzene rings is 2. The number of nitrogens with one attached hydrogen (secondary N) is 1. The third-order valence-corrected chi connectivity index (χ3v) is 3.55. The maximum Gasteiger partial charge on any atom is 0.106 e. The van der Waals surface area contributed by atoms with E-state index in [2.05, 4.69) is 5.32 Å². The fourth-order valence-corrected chi connectivity index (χ4v) is 2.39. The topological polar surface area (TPSA) is 38.0 Å². The molecule has 2 rings (SSSR count). The molecule has 0 unspecified atom stereocenters. The van der Waals surface area contributed by atoms with E-state index in [1.165, 1.54) is 0 Å². The first-order valence-electron chi connectivity index (χ1n) is 5.92. The molecule has 0 atom stereocenters. The fourth-order valence-electron chi connectivity index (χ4n) is 1.95. The molecule has 0 aliphatic rings. The van der Waals surface area contributed by atoms with Gasteiger partial charge in [-0.1, -0.05) is 48.1 Å². The summed E-state index contributed by atoms with van der Waals surface area (Å²) in [5.74, 6) is 0. The number of para-hydroxylation sites is 2.